The van der Waals surface area contributed by atoms with E-state index in [-0.39, 0.29) is 25.7 Å². The first-order valence-electron chi connectivity index (χ1n) is 33.2. The molecule has 2 unspecified atom stereocenters. The van der Waals surface area contributed by atoms with Crippen LogP contribution in [-0.2, 0) is 65.4 Å². The molecule has 492 valence electrons. The molecule has 0 spiro atoms. The monoisotopic (exact) mass is 1230 g/mol. The standard InChI is InChI=1S/C64H124O17P2/c1-54(2)40-32-24-16-14-12-10-9-11-13-15-17-28-36-44-61(66)74-50-59(80-63(68)46-38-30-22-19-26-34-42-56(5)6)52-78-82(70,71)76-48-58(65)49-77-83(72,73)79-53-60(81-64(69)47-39-31-23-20-27-35-43-57(7)8)51-75-62(67)45-37-29-21-18-25-33-41-55(3)4/h54-60,65H,9-53H2,1-8H3,(H,70,71)(H,72,73)/t58-,59-,60-/m1/s1. The quantitative estimate of drug-likeness (QED) is 0.0222. The molecule has 0 aromatic heterocycles. The number of ether oxygens (including phenoxy) is 4. The van der Waals surface area contributed by atoms with Gasteiger partial charge in [-0.3, -0.25) is 37.3 Å². The van der Waals surface area contributed by atoms with Crippen molar-refractivity contribution in [2.24, 2.45) is 23.7 Å². The number of hydrogen-bond donors (Lipinski definition) is 3. The van der Waals surface area contributed by atoms with E-state index in [1.165, 1.54) is 103 Å². The van der Waals surface area contributed by atoms with E-state index in [4.69, 9.17) is 37.0 Å². The predicted molar refractivity (Wildman–Crippen MR) is 331 cm³/mol. The van der Waals surface area contributed by atoms with E-state index >= 15 is 0 Å². The number of aliphatic hydroxyl groups excluding tert-OH is 1. The fourth-order valence-electron chi connectivity index (χ4n) is 9.43. The van der Waals surface area contributed by atoms with Crippen LogP contribution in [0, 0.1) is 23.7 Å². The van der Waals surface area contributed by atoms with Gasteiger partial charge in [-0.1, -0.05) is 254 Å². The summed E-state index contributed by atoms with van der Waals surface area (Å²) >= 11 is 0. The van der Waals surface area contributed by atoms with Crippen LogP contribution in [0.4, 0.5) is 0 Å². The van der Waals surface area contributed by atoms with Crippen molar-refractivity contribution >= 4 is 39.5 Å². The molecule has 83 heavy (non-hydrogen) atoms. The minimum Gasteiger partial charge on any atom is -0.462 e. The molecule has 0 aliphatic heterocycles. The van der Waals surface area contributed by atoms with Crippen LogP contribution in [0.3, 0.4) is 0 Å². The van der Waals surface area contributed by atoms with Gasteiger partial charge in [0.25, 0.3) is 0 Å². The Kier molecular flexibility index (Phi) is 53.0. The molecule has 0 aliphatic rings. The van der Waals surface area contributed by atoms with Crippen molar-refractivity contribution in [3.8, 4) is 0 Å². The van der Waals surface area contributed by atoms with Gasteiger partial charge in [0.05, 0.1) is 26.4 Å². The molecule has 0 aliphatic carbocycles. The average molecular weight is 1230 g/mol. The van der Waals surface area contributed by atoms with E-state index in [0.717, 1.165) is 102 Å². The van der Waals surface area contributed by atoms with Crippen LogP contribution in [-0.4, -0.2) is 96.7 Å². The number of hydrogen-bond acceptors (Lipinski definition) is 15. The van der Waals surface area contributed by atoms with Crippen molar-refractivity contribution in [1.82, 2.24) is 0 Å². The second-order valence-corrected chi connectivity index (χ2v) is 28.0. The third kappa shape index (κ3) is 58.8. The smallest absolute Gasteiger partial charge is 0.462 e. The molecule has 0 saturated heterocycles. The van der Waals surface area contributed by atoms with E-state index in [2.05, 4.69) is 55.4 Å². The summed E-state index contributed by atoms with van der Waals surface area (Å²) in [5, 5.41) is 10.5. The molecule has 19 heteroatoms. The van der Waals surface area contributed by atoms with Gasteiger partial charge in [-0.2, -0.15) is 0 Å². The summed E-state index contributed by atoms with van der Waals surface area (Å²) in [5.74, 6) is 0.661. The molecule has 0 rings (SSSR count). The van der Waals surface area contributed by atoms with E-state index in [1.54, 1.807) is 0 Å². The number of carbonyl (C=O) groups excluding carboxylic acids is 4. The summed E-state index contributed by atoms with van der Waals surface area (Å²) in [6.07, 6.45) is 34.0. The zero-order valence-corrected chi connectivity index (χ0v) is 55.6. The van der Waals surface area contributed by atoms with Crippen LogP contribution in [0.1, 0.15) is 306 Å². The SMILES string of the molecule is CC(C)CCCCCCCCCCCCCCCC(=O)OC[C@H](COP(=O)(O)OC[C@@H](O)COP(=O)(O)OC[C@@H](COC(=O)CCCCCCCCC(C)C)OC(=O)CCCCCCCCC(C)C)OC(=O)CCCCCCCCC(C)C. The highest BCUT2D eigenvalue weighted by Gasteiger charge is 2.30. The Balaban J connectivity index is 5.18. The van der Waals surface area contributed by atoms with Crippen molar-refractivity contribution < 1.29 is 80.2 Å². The van der Waals surface area contributed by atoms with E-state index in [0.29, 0.717) is 43.4 Å². The van der Waals surface area contributed by atoms with Crippen molar-refractivity contribution in [3.05, 3.63) is 0 Å². The molecule has 0 bridgehead atoms. The highest BCUT2D eigenvalue weighted by Crippen LogP contribution is 2.45. The normalized spacial score (nSPS) is 14.4. The molecular formula is C64H124O17P2. The van der Waals surface area contributed by atoms with Crippen LogP contribution < -0.4 is 0 Å². The van der Waals surface area contributed by atoms with Gasteiger partial charge >= 0.3 is 39.5 Å². The van der Waals surface area contributed by atoms with E-state index < -0.39 is 97.5 Å². The molecular weight excluding hydrogens is 1100 g/mol. The zero-order chi connectivity index (χ0) is 61.8. The van der Waals surface area contributed by atoms with Crippen LogP contribution in [0.2, 0.25) is 0 Å². The fraction of sp³-hybridized carbons (Fsp3) is 0.938. The molecule has 0 amide bonds. The van der Waals surface area contributed by atoms with Gasteiger partial charge in [0.2, 0.25) is 0 Å². The molecule has 0 heterocycles. The van der Waals surface area contributed by atoms with Gasteiger partial charge in [0, 0.05) is 25.7 Å². The van der Waals surface area contributed by atoms with Crippen LogP contribution >= 0.6 is 15.6 Å². The molecule has 17 nitrogen and oxygen atoms in total. The Morgan fingerprint density at radius 1 is 0.301 bits per heavy atom. The number of rotatable bonds is 61. The Morgan fingerprint density at radius 3 is 0.747 bits per heavy atom. The lowest BCUT2D eigenvalue weighted by molar-refractivity contribution is -0.161. The first kappa shape index (κ1) is 81.1. The second-order valence-electron chi connectivity index (χ2n) is 25.1. The van der Waals surface area contributed by atoms with Gasteiger partial charge in [-0.15, -0.1) is 0 Å². The summed E-state index contributed by atoms with van der Waals surface area (Å²) < 4.78 is 67.9. The van der Waals surface area contributed by atoms with Crippen LogP contribution in [0.15, 0.2) is 0 Å². The lowest BCUT2D eigenvalue weighted by atomic mass is 10.0. The van der Waals surface area contributed by atoms with Crippen LogP contribution in [0.5, 0.6) is 0 Å². The Hall–Kier alpha value is -1.94. The summed E-state index contributed by atoms with van der Waals surface area (Å²) in [6.45, 7) is 13.8. The Bertz CT molecular complexity index is 1660. The summed E-state index contributed by atoms with van der Waals surface area (Å²) in [6, 6.07) is 0. The number of aliphatic hydroxyl groups is 1. The lowest BCUT2D eigenvalue weighted by Gasteiger charge is -2.21. The molecule has 3 N–H and O–H groups in total. The first-order valence-corrected chi connectivity index (χ1v) is 36.2. The fourth-order valence-corrected chi connectivity index (χ4v) is 11.0. The minimum absolute atomic E-state index is 0.100. The average Bonchev–Trinajstić information content (AvgIpc) is 3.42. The molecule has 0 radical (unpaired) electrons. The molecule has 0 saturated carbocycles. The van der Waals surface area contributed by atoms with Crippen LogP contribution in [0.25, 0.3) is 0 Å². The van der Waals surface area contributed by atoms with E-state index in [1.807, 2.05) is 0 Å². The molecule has 5 atom stereocenters. The minimum atomic E-state index is -4.94. The third-order valence-electron chi connectivity index (χ3n) is 14.6. The van der Waals surface area contributed by atoms with Crippen molar-refractivity contribution in [3.63, 3.8) is 0 Å². The van der Waals surface area contributed by atoms with Gasteiger partial charge in [0.1, 0.15) is 19.3 Å². The van der Waals surface area contributed by atoms with Crippen molar-refractivity contribution in [1.29, 1.82) is 0 Å². The maximum atomic E-state index is 13.0. The maximum absolute atomic E-state index is 13.0. The van der Waals surface area contributed by atoms with Gasteiger partial charge in [-0.25, -0.2) is 9.13 Å². The predicted octanol–water partition coefficient (Wildman–Crippen LogP) is 17.4. The topological polar surface area (TPSA) is 237 Å². The number of phosphoric ester groups is 2. The Labute approximate surface area is 505 Å². The number of phosphoric acid groups is 2. The maximum Gasteiger partial charge on any atom is 0.472 e. The Morgan fingerprint density at radius 2 is 0.506 bits per heavy atom. The zero-order valence-electron chi connectivity index (χ0n) is 53.8. The van der Waals surface area contributed by atoms with Crippen molar-refractivity contribution in [2.75, 3.05) is 39.6 Å². The molecule has 0 aromatic carbocycles. The highest BCUT2D eigenvalue weighted by molar-refractivity contribution is 7.47. The summed E-state index contributed by atoms with van der Waals surface area (Å²) in [7, 11) is -9.89. The summed E-state index contributed by atoms with van der Waals surface area (Å²) in [5.41, 5.74) is 0. The largest absolute Gasteiger partial charge is 0.472 e. The number of esters is 4. The van der Waals surface area contributed by atoms with Crippen molar-refractivity contribution in [2.45, 2.75) is 324 Å². The lowest BCUT2D eigenvalue weighted by Crippen LogP contribution is -2.30. The number of unbranched alkanes of at least 4 members (excludes halogenated alkanes) is 27. The van der Waals surface area contributed by atoms with E-state index in [9.17, 15) is 43.2 Å². The summed E-state index contributed by atoms with van der Waals surface area (Å²) in [4.78, 5) is 72.1. The molecule has 0 aromatic rings. The van der Waals surface area contributed by atoms with Gasteiger partial charge in [0.15, 0.2) is 12.2 Å². The third-order valence-corrected chi connectivity index (χ3v) is 16.5. The van der Waals surface area contributed by atoms with Gasteiger partial charge in [-0.05, 0) is 49.4 Å². The first-order chi connectivity index (χ1) is 39.6. The van der Waals surface area contributed by atoms with Gasteiger partial charge < -0.3 is 33.8 Å². The molecule has 0 fully saturated rings. The highest BCUT2D eigenvalue weighted by atomic mass is 31.2. The number of carbonyl (C=O) groups is 4. The second kappa shape index (κ2) is 54.2.